The van der Waals surface area contributed by atoms with Crippen molar-refractivity contribution in [1.82, 2.24) is 9.97 Å². The van der Waals surface area contributed by atoms with E-state index in [1.807, 2.05) is 49.4 Å². The zero-order valence-electron chi connectivity index (χ0n) is 14.0. The van der Waals surface area contributed by atoms with E-state index in [-0.39, 0.29) is 11.7 Å². The number of hydrogen-bond donors (Lipinski definition) is 2. The first-order valence-corrected chi connectivity index (χ1v) is 8.59. The van der Waals surface area contributed by atoms with E-state index < -0.39 is 0 Å². The van der Waals surface area contributed by atoms with Crippen LogP contribution in [-0.4, -0.2) is 15.9 Å². The van der Waals surface area contributed by atoms with E-state index in [2.05, 4.69) is 15.3 Å². The lowest BCUT2D eigenvalue weighted by Crippen LogP contribution is -2.15. The Kier molecular flexibility index (Phi) is 5.00. The molecule has 5 nitrogen and oxygen atoms in total. The number of nitrogens with one attached hydrogen (secondary N) is 1. The van der Waals surface area contributed by atoms with Crippen LogP contribution in [0.3, 0.4) is 0 Å². The predicted octanol–water partition coefficient (Wildman–Crippen LogP) is 4.08. The lowest BCUT2D eigenvalue weighted by molar-refractivity contribution is 0.102. The first-order chi connectivity index (χ1) is 12.0. The summed E-state index contributed by atoms with van der Waals surface area (Å²) in [4.78, 5) is 22.1. The van der Waals surface area contributed by atoms with Crippen molar-refractivity contribution in [2.75, 3.05) is 11.1 Å². The van der Waals surface area contributed by atoms with Gasteiger partial charge in [0.2, 0.25) is 0 Å². The molecule has 1 aromatic heterocycles. The van der Waals surface area contributed by atoms with Crippen LogP contribution < -0.4 is 11.1 Å². The molecule has 3 N–H and O–H groups in total. The van der Waals surface area contributed by atoms with Crippen LogP contribution >= 0.6 is 11.8 Å². The maximum Gasteiger partial charge on any atom is 0.255 e. The van der Waals surface area contributed by atoms with Crippen molar-refractivity contribution < 1.29 is 4.79 Å². The van der Waals surface area contributed by atoms with Crippen molar-refractivity contribution in [2.45, 2.75) is 23.8 Å². The van der Waals surface area contributed by atoms with Gasteiger partial charge in [-0.25, -0.2) is 9.97 Å². The molecule has 25 heavy (non-hydrogen) atoms. The highest BCUT2D eigenvalue weighted by atomic mass is 32.2. The molecule has 6 heteroatoms. The molecule has 1 amide bonds. The third-order valence-electron chi connectivity index (χ3n) is 3.53. The molecule has 3 aromatic rings. The molecule has 0 aliphatic heterocycles. The predicted molar refractivity (Wildman–Crippen MR) is 101 cm³/mol. The van der Waals surface area contributed by atoms with Crippen LogP contribution in [0.15, 0.2) is 64.5 Å². The quantitative estimate of drug-likeness (QED) is 0.693. The van der Waals surface area contributed by atoms with Gasteiger partial charge in [-0.15, -0.1) is 0 Å². The van der Waals surface area contributed by atoms with Gasteiger partial charge in [-0.1, -0.05) is 47.7 Å². The van der Waals surface area contributed by atoms with Gasteiger partial charge in [0.15, 0.2) is 5.82 Å². The smallest absolute Gasteiger partial charge is 0.255 e. The van der Waals surface area contributed by atoms with E-state index in [0.29, 0.717) is 22.1 Å². The van der Waals surface area contributed by atoms with E-state index >= 15 is 0 Å². The summed E-state index contributed by atoms with van der Waals surface area (Å²) in [6, 6.07) is 17.0. The summed E-state index contributed by atoms with van der Waals surface area (Å²) < 4.78 is 0. The van der Waals surface area contributed by atoms with E-state index in [1.54, 1.807) is 19.1 Å². The second-order valence-corrected chi connectivity index (χ2v) is 6.63. The number of amides is 1. The summed E-state index contributed by atoms with van der Waals surface area (Å²) in [5.41, 5.74) is 8.21. The number of aryl methyl sites for hydroxylation is 2. The van der Waals surface area contributed by atoms with E-state index in [9.17, 15) is 4.79 Å². The Morgan fingerprint density at radius 2 is 1.68 bits per heavy atom. The molecule has 3 rings (SSSR count). The number of benzene rings is 2. The lowest BCUT2D eigenvalue weighted by atomic mass is 10.2. The zero-order valence-corrected chi connectivity index (χ0v) is 14.8. The molecule has 0 saturated heterocycles. The summed E-state index contributed by atoms with van der Waals surface area (Å²) in [7, 11) is 0. The van der Waals surface area contributed by atoms with Crippen molar-refractivity contribution in [2.24, 2.45) is 0 Å². The highest BCUT2D eigenvalue weighted by molar-refractivity contribution is 7.99. The van der Waals surface area contributed by atoms with Crippen molar-refractivity contribution in [1.29, 1.82) is 0 Å². The van der Waals surface area contributed by atoms with Gasteiger partial charge in [0.25, 0.3) is 5.91 Å². The second-order valence-electron chi connectivity index (χ2n) is 5.57. The normalized spacial score (nSPS) is 10.5. The standard InChI is InChI=1S/C19H18N4OS/c1-12-8-10-15(11-9-12)25-19-16(17(20)21-13(2)22-19)23-18(24)14-6-4-3-5-7-14/h3-11H,1-2H3,(H,23,24)(H2,20,21,22). The van der Waals surface area contributed by atoms with Gasteiger partial charge in [0.1, 0.15) is 16.5 Å². The second kappa shape index (κ2) is 7.36. The molecule has 0 aliphatic carbocycles. The summed E-state index contributed by atoms with van der Waals surface area (Å²) in [6.07, 6.45) is 0. The fraction of sp³-hybridized carbons (Fsp3) is 0.105. The Bertz CT molecular complexity index is 895. The number of nitrogens with zero attached hydrogens (tertiary/aromatic N) is 2. The molecule has 1 heterocycles. The Balaban J connectivity index is 1.92. The van der Waals surface area contributed by atoms with Crippen LogP contribution in [0.4, 0.5) is 11.5 Å². The van der Waals surface area contributed by atoms with Crippen molar-refractivity contribution in [3.63, 3.8) is 0 Å². The van der Waals surface area contributed by atoms with Gasteiger partial charge in [0.05, 0.1) is 0 Å². The maximum absolute atomic E-state index is 12.5. The number of hydrogen-bond acceptors (Lipinski definition) is 5. The SMILES string of the molecule is Cc1ccc(Sc2nc(C)nc(N)c2NC(=O)c2ccccc2)cc1. The van der Waals surface area contributed by atoms with Crippen molar-refractivity contribution >= 4 is 29.2 Å². The molecule has 0 aliphatic rings. The van der Waals surface area contributed by atoms with E-state index in [0.717, 1.165) is 4.90 Å². The van der Waals surface area contributed by atoms with Gasteiger partial charge in [-0.2, -0.15) is 0 Å². The Hall–Kier alpha value is -2.86. The number of aromatic nitrogens is 2. The van der Waals surface area contributed by atoms with Crippen LogP contribution in [0.5, 0.6) is 0 Å². The van der Waals surface area contributed by atoms with Gasteiger partial charge < -0.3 is 11.1 Å². The number of rotatable bonds is 4. The van der Waals surface area contributed by atoms with Crippen LogP contribution in [0.2, 0.25) is 0 Å². The minimum atomic E-state index is -0.245. The fourth-order valence-electron chi connectivity index (χ4n) is 2.25. The molecular formula is C19H18N4OS. The number of nitrogen functional groups attached to an aromatic ring is 1. The highest BCUT2D eigenvalue weighted by Gasteiger charge is 2.16. The van der Waals surface area contributed by atoms with Crippen LogP contribution in [-0.2, 0) is 0 Å². The van der Waals surface area contributed by atoms with Gasteiger partial charge in [-0.05, 0) is 38.1 Å². The van der Waals surface area contributed by atoms with Gasteiger partial charge in [0, 0.05) is 10.5 Å². The number of nitrogens with two attached hydrogens (primary N) is 1. The third-order valence-corrected chi connectivity index (χ3v) is 4.52. The summed E-state index contributed by atoms with van der Waals surface area (Å²) in [5.74, 6) is 0.571. The van der Waals surface area contributed by atoms with Gasteiger partial charge >= 0.3 is 0 Å². The summed E-state index contributed by atoms with van der Waals surface area (Å²) >= 11 is 1.44. The number of carbonyl (C=O) groups is 1. The molecule has 0 radical (unpaired) electrons. The molecule has 0 spiro atoms. The average molecular weight is 350 g/mol. The number of carbonyl (C=O) groups excluding carboxylic acids is 1. The first kappa shape index (κ1) is 17.0. The molecule has 0 saturated carbocycles. The van der Waals surface area contributed by atoms with E-state index in [1.165, 1.54) is 17.3 Å². The molecule has 0 bridgehead atoms. The fourth-order valence-corrected chi connectivity index (χ4v) is 3.18. The minimum Gasteiger partial charge on any atom is -0.382 e. The van der Waals surface area contributed by atoms with Crippen LogP contribution in [0.1, 0.15) is 21.7 Å². The summed E-state index contributed by atoms with van der Waals surface area (Å²) in [5, 5.41) is 3.47. The molecule has 0 fully saturated rings. The maximum atomic E-state index is 12.5. The van der Waals surface area contributed by atoms with Crippen molar-refractivity contribution in [3.8, 4) is 0 Å². The third kappa shape index (κ3) is 4.16. The molecular weight excluding hydrogens is 332 g/mol. The van der Waals surface area contributed by atoms with Crippen molar-refractivity contribution in [3.05, 3.63) is 71.5 Å². The zero-order chi connectivity index (χ0) is 17.8. The van der Waals surface area contributed by atoms with Crippen LogP contribution in [0.25, 0.3) is 0 Å². The Labute approximate surface area is 150 Å². The van der Waals surface area contributed by atoms with Gasteiger partial charge in [-0.3, -0.25) is 4.79 Å². The van der Waals surface area contributed by atoms with E-state index in [4.69, 9.17) is 5.73 Å². The minimum absolute atomic E-state index is 0.245. The summed E-state index contributed by atoms with van der Waals surface area (Å²) in [6.45, 7) is 3.81. The lowest BCUT2D eigenvalue weighted by Gasteiger charge is -2.13. The largest absolute Gasteiger partial charge is 0.382 e. The van der Waals surface area contributed by atoms with Crippen LogP contribution in [0, 0.1) is 13.8 Å². The molecule has 0 atom stereocenters. The number of anilines is 2. The Morgan fingerprint density at radius 3 is 2.36 bits per heavy atom. The first-order valence-electron chi connectivity index (χ1n) is 7.78. The molecule has 2 aromatic carbocycles. The molecule has 126 valence electrons. The topological polar surface area (TPSA) is 80.9 Å². The average Bonchev–Trinajstić information content (AvgIpc) is 2.60. The molecule has 0 unspecified atom stereocenters. The Morgan fingerprint density at radius 1 is 1.00 bits per heavy atom. The highest BCUT2D eigenvalue weighted by Crippen LogP contribution is 2.35. The monoisotopic (exact) mass is 350 g/mol.